The summed E-state index contributed by atoms with van der Waals surface area (Å²) in [5.41, 5.74) is 0. The number of unbranched alkanes of at least 4 members (excludes halogenated alkanes) is 7. The third-order valence-electron chi connectivity index (χ3n) is 4.98. The van der Waals surface area contributed by atoms with E-state index in [0.717, 1.165) is 12.1 Å². The second-order valence-electron chi connectivity index (χ2n) is 6.99. The maximum Gasteiger partial charge on any atom is 0.0195 e. The maximum atomic E-state index is 3.66. The summed E-state index contributed by atoms with van der Waals surface area (Å²) in [6.07, 6.45) is 17.2. The van der Waals surface area contributed by atoms with E-state index in [4.69, 9.17) is 0 Å². The first-order chi connectivity index (χ1) is 9.90. The molecule has 1 aliphatic heterocycles. The summed E-state index contributed by atoms with van der Waals surface area (Å²) in [7, 11) is 0. The Morgan fingerprint density at radius 1 is 0.900 bits per heavy atom. The molecule has 0 bridgehead atoms. The van der Waals surface area contributed by atoms with Gasteiger partial charge in [-0.15, -0.1) is 0 Å². The van der Waals surface area contributed by atoms with Crippen LogP contribution in [0.3, 0.4) is 0 Å². The predicted molar refractivity (Wildman–Crippen MR) is 88.2 cm³/mol. The van der Waals surface area contributed by atoms with E-state index in [1.54, 1.807) is 0 Å². The lowest BCUT2D eigenvalue weighted by molar-refractivity contribution is 0.234. The molecule has 1 atom stereocenters. The van der Waals surface area contributed by atoms with Gasteiger partial charge in [0.05, 0.1) is 0 Å². The summed E-state index contributed by atoms with van der Waals surface area (Å²) in [4.78, 5) is 2.79. The lowest BCUT2D eigenvalue weighted by atomic mass is 10.1. The van der Waals surface area contributed by atoms with Gasteiger partial charge in [0.2, 0.25) is 0 Å². The minimum atomic E-state index is 0.796. The molecule has 0 aromatic heterocycles. The third kappa shape index (κ3) is 6.58. The molecule has 2 aliphatic rings. The van der Waals surface area contributed by atoms with Crippen LogP contribution in [0.15, 0.2) is 0 Å². The van der Waals surface area contributed by atoms with Crippen LogP contribution in [0.5, 0.6) is 0 Å². The van der Waals surface area contributed by atoms with Gasteiger partial charge in [-0.05, 0) is 45.2 Å². The van der Waals surface area contributed by atoms with Gasteiger partial charge in [0, 0.05) is 18.6 Å². The molecule has 2 heteroatoms. The standard InChI is InChI=1S/C18H36N2/c1-2-3-4-5-6-7-8-9-15-20(18-12-13-18)16-17-11-10-14-19-17/h17-19H,2-16H2,1H3. The van der Waals surface area contributed by atoms with Gasteiger partial charge in [0.25, 0.3) is 0 Å². The van der Waals surface area contributed by atoms with Crippen molar-refractivity contribution in [3.63, 3.8) is 0 Å². The molecule has 1 unspecified atom stereocenters. The molecular formula is C18H36N2. The van der Waals surface area contributed by atoms with Crippen LogP contribution in [0, 0.1) is 0 Å². The van der Waals surface area contributed by atoms with Crippen molar-refractivity contribution in [3.8, 4) is 0 Å². The Morgan fingerprint density at radius 2 is 1.60 bits per heavy atom. The lowest BCUT2D eigenvalue weighted by Crippen LogP contribution is -2.39. The van der Waals surface area contributed by atoms with Crippen molar-refractivity contribution < 1.29 is 0 Å². The van der Waals surface area contributed by atoms with Gasteiger partial charge in [0.1, 0.15) is 0 Å². The first kappa shape index (κ1) is 16.3. The first-order valence-corrected chi connectivity index (χ1v) is 9.37. The maximum absolute atomic E-state index is 3.66. The van der Waals surface area contributed by atoms with Crippen molar-refractivity contribution in [2.24, 2.45) is 0 Å². The molecule has 0 spiro atoms. The van der Waals surface area contributed by atoms with Gasteiger partial charge in [-0.3, -0.25) is 4.90 Å². The van der Waals surface area contributed by atoms with Gasteiger partial charge in [0.15, 0.2) is 0 Å². The largest absolute Gasteiger partial charge is 0.313 e. The summed E-state index contributed by atoms with van der Waals surface area (Å²) in [5, 5.41) is 3.66. The monoisotopic (exact) mass is 280 g/mol. The molecule has 2 fully saturated rings. The van der Waals surface area contributed by atoms with Crippen LogP contribution in [-0.2, 0) is 0 Å². The first-order valence-electron chi connectivity index (χ1n) is 9.37. The molecule has 1 heterocycles. The predicted octanol–water partition coefficient (Wildman–Crippen LogP) is 4.34. The van der Waals surface area contributed by atoms with Crippen LogP contribution in [0.2, 0.25) is 0 Å². The number of nitrogens with zero attached hydrogens (tertiary/aromatic N) is 1. The van der Waals surface area contributed by atoms with Crippen molar-refractivity contribution in [3.05, 3.63) is 0 Å². The van der Waals surface area contributed by atoms with Gasteiger partial charge in [-0.2, -0.15) is 0 Å². The fourth-order valence-electron chi connectivity index (χ4n) is 3.51. The summed E-state index contributed by atoms with van der Waals surface area (Å²) in [6, 6.07) is 1.74. The third-order valence-corrected chi connectivity index (χ3v) is 4.98. The second-order valence-corrected chi connectivity index (χ2v) is 6.99. The molecule has 2 rings (SSSR count). The zero-order valence-electron chi connectivity index (χ0n) is 13.7. The summed E-state index contributed by atoms with van der Waals surface area (Å²) in [5.74, 6) is 0. The van der Waals surface area contributed by atoms with E-state index < -0.39 is 0 Å². The van der Waals surface area contributed by atoms with Crippen molar-refractivity contribution in [1.29, 1.82) is 0 Å². The van der Waals surface area contributed by atoms with Crippen molar-refractivity contribution in [1.82, 2.24) is 10.2 Å². The van der Waals surface area contributed by atoms with Gasteiger partial charge < -0.3 is 5.32 Å². The number of rotatable bonds is 12. The average molecular weight is 281 g/mol. The van der Waals surface area contributed by atoms with Crippen molar-refractivity contribution >= 4 is 0 Å². The minimum Gasteiger partial charge on any atom is -0.313 e. The van der Waals surface area contributed by atoms with E-state index in [9.17, 15) is 0 Å². The number of nitrogens with one attached hydrogen (secondary N) is 1. The zero-order chi connectivity index (χ0) is 14.0. The SMILES string of the molecule is CCCCCCCCCCN(CC1CCCN1)C1CC1. The van der Waals surface area contributed by atoms with E-state index in [2.05, 4.69) is 17.1 Å². The highest BCUT2D eigenvalue weighted by atomic mass is 15.2. The van der Waals surface area contributed by atoms with Crippen LogP contribution in [0.4, 0.5) is 0 Å². The Bertz CT molecular complexity index is 232. The summed E-state index contributed by atoms with van der Waals surface area (Å²) in [6.45, 7) is 6.23. The lowest BCUT2D eigenvalue weighted by Gasteiger charge is -2.25. The quantitative estimate of drug-likeness (QED) is 0.535. The molecular weight excluding hydrogens is 244 g/mol. The van der Waals surface area contributed by atoms with Gasteiger partial charge >= 0.3 is 0 Å². The van der Waals surface area contributed by atoms with Crippen LogP contribution < -0.4 is 5.32 Å². The highest BCUT2D eigenvalue weighted by Gasteiger charge is 2.30. The molecule has 2 nitrogen and oxygen atoms in total. The van der Waals surface area contributed by atoms with E-state index in [1.165, 1.54) is 96.7 Å². The highest BCUT2D eigenvalue weighted by Crippen LogP contribution is 2.28. The summed E-state index contributed by atoms with van der Waals surface area (Å²) < 4.78 is 0. The van der Waals surface area contributed by atoms with Crippen molar-refractivity contribution in [2.75, 3.05) is 19.6 Å². The molecule has 0 amide bonds. The Morgan fingerprint density at radius 3 is 2.20 bits per heavy atom. The number of hydrogen-bond donors (Lipinski definition) is 1. The Balaban J connectivity index is 1.47. The summed E-state index contributed by atoms with van der Waals surface area (Å²) >= 11 is 0. The Hall–Kier alpha value is -0.0800. The topological polar surface area (TPSA) is 15.3 Å². The highest BCUT2D eigenvalue weighted by molar-refractivity contribution is 4.88. The molecule has 0 radical (unpaired) electrons. The minimum absolute atomic E-state index is 0.796. The average Bonchev–Trinajstić information content (AvgIpc) is 3.18. The second kappa shape index (κ2) is 9.78. The molecule has 0 aromatic carbocycles. The normalized spacial score (nSPS) is 22.8. The Kier molecular flexibility index (Phi) is 7.97. The molecule has 1 N–H and O–H groups in total. The number of hydrogen-bond acceptors (Lipinski definition) is 2. The molecule has 0 aromatic rings. The van der Waals surface area contributed by atoms with Crippen LogP contribution in [0.1, 0.15) is 84.0 Å². The molecule has 1 saturated heterocycles. The smallest absolute Gasteiger partial charge is 0.0195 e. The van der Waals surface area contributed by atoms with Crippen LogP contribution in [0.25, 0.3) is 0 Å². The van der Waals surface area contributed by atoms with E-state index >= 15 is 0 Å². The van der Waals surface area contributed by atoms with E-state index in [-0.39, 0.29) is 0 Å². The zero-order valence-corrected chi connectivity index (χ0v) is 13.7. The van der Waals surface area contributed by atoms with Crippen LogP contribution in [-0.4, -0.2) is 36.6 Å². The Labute approximate surface area is 126 Å². The van der Waals surface area contributed by atoms with E-state index in [1.807, 2.05) is 0 Å². The molecule has 20 heavy (non-hydrogen) atoms. The molecule has 1 saturated carbocycles. The van der Waals surface area contributed by atoms with Gasteiger partial charge in [-0.25, -0.2) is 0 Å². The molecule has 118 valence electrons. The fraction of sp³-hybridized carbons (Fsp3) is 1.00. The van der Waals surface area contributed by atoms with Gasteiger partial charge in [-0.1, -0.05) is 51.9 Å². The van der Waals surface area contributed by atoms with E-state index in [0.29, 0.717) is 0 Å². The molecule has 1 aliphatic carbocycles. The fourth-order valence-corrected chi connectivity index (χ4v) is 3.51. The van der Waals surface area contributed by atoms with Crippen molar-refractivity contribution in [2.45, 2.75) is 96.1 Å². The van der Waals surface area contributed by atoms with Crippen LogP contribution >= 0.6 is 0 Å².